The first-order chi connectivity index (χ1) is 6.35. The van der Waals surface area contributed by atoms with E-state index in [1.54, 1.807) is 11.8 Å². The van der Waals surface area contributed by atoms with Gasteiger partial charge in [0.05, 0.1) is 0 Å². The third-order valence-electron chi connectivity index (χ3n) is 0.980. The molecule has 2 N–H and O–H groups in total. The van der Waals surface area contributed by atoms with E-state index < -0.39 is 0 Å². The van der Waals surface area contributed by atoms with Crippen molar-refractivity contribution in [2.75, 3.05) is 23.0 Å². The maximum Gasteiger partial charge on any atom is 0.157 e. The standard InChI is InChI=1S/C6H12N2O2S3/c9-7-5-6(8-10)13-4-3-12-2-1-11/h5,9-11H,1-4H2/b7-5+,8-6-. The van der Waals surface area contributed by atoms with Crippen molar-refractivity contribution in [3.8, 4) is 0 Å². The summed E-state index contributed by atoms with van der Waals surface area (Å²) in [5.41, 5.74) is 0. The summed E-state index contributed by atoms with van der Waals surface area (Å²) in [6, 6.07) is 0. The second-order valence-corrected chi connectivity index (χ2v) is 4.65. The molecule has 0 aromatic heterocycles. The van der Waals surface area contributed by atoms with Gasteiger partial charge >= 0.3 is 0 Å². The molecule has 0 aliphatic rings. The van der Waals surface area contributed by atoms with Crippen LogP contribution >= 0.6 is 36.2 Å². The maximum absolute atomic E-state index is 8.41. The molecule has 0 aliphatic carbocycles. The first-order valence-electron chi connectivity index (χ1n) is 3.56. The lowest BCUT2D eigenvalue weighted by Gasteiger charge is -1.98. The minimum atomic E-state index is 0.314. The van der Waals surface area contributed by atoms with Crippen LogP contribution in [0.15, 0.2) is 10.3 Å². The first kappa shape index (κ1) is 13.0. The van der Waals surface area contributed by atoms with Gasteiger partial charge in [-0.05, 0) is 5.75 Å². The van der Waals surface area contributed by atoms with Gasteiger partial charge in [0.15, 0.2) is 5.04 Å². The van der Waals surface area contributed by atoms with Crippen molar-refractivity contribution in [1.29, 1.82) is 0 Å². The zero-order valence-corrected chi connectivity index (χ0v) is 9.49. The lowest BCUT2D eigenvalue weighted by molar-refractivity contribution is 0.317. The molecule has 0 aromatic carbocycles. The Morgan fingerprint density at radius 1 is 1.31 bits per heavy atom. The van der Waals surface area contributed by atoms with E-state index in [9.17, 15) is 0 Å². The van der Waals surface area contributed by atoms with Gasteiger partial charge in [-0.1, -0.05) is 10.3 Å². The van der Waals surface area contributed by atoms with E-state index in [4.69, 9.17) is 10.4 Å². The summed E-state index contributed by atoms with van der Waals surface area (Å²) in [5.74, 6) is 3.67. The molecule has 0 aromatic rings. The summed E-state index contributed by atoms with van der Waals surface area (Å²) < 4.78 is 0. The largest absolute Gasteiger partial charge is 0.411 e. The van der Waals surface area contributed by atoms with Crippen molar-refractivity contribution in [2.24, 2.45) is 10.3 Å². The van der Waals surface area contributed by atoms with Crippen LogP contribution in [0.4, 0.5) is 0 Å². The maximum atomic E-state index is 8.41. The zero-order chi connectivity index (χ0) is 9.94. The molecule has 7 heteroatoms. The lowest BCUT2D eigenvalue weighted by Crippen LogP contribution is -1.97. The summed E-state index contributed by atoms with van der Waals surface area (Å²) in [4.78, 5) is 0. The molecule has 0 amide bonds. The summed E-state index contributed by atoms with van der Waals surface area (Å²) in [7, 11) is 0. The van der Waals surface area contributed by atoms with Gasteiger partial charge in [-0.25, -0.2) is 0 Å². The Hall–Kier alpha value is -0.0100. The molecule has 0 unspecified atom stereocenters. The molecule has 4 nitrogen and oxygen atoms in total. The van der Waals surface area contributed by atoms with E-state index >= 15 is 0 Å². The van der Waals surface area contributed by atoms with Crippen LogP contribution in [-0.2, 0) is 0 Å². The molecule has 0 aliphatic heterocycles. The summed E-state index contributed by atoms with van der Waals surface area (Å²) >= 11 is 7.19. The first-order valence-corrected chi connectivity index (χ1v) is 6.33. The number of thioether (sulfide) groups is 2. The van der Waals surface area contributed by atoms with Crippen molar-refractivity contribution in [1.82, 2.24) is 0 Å². The van der Waals surface area contributed by atoms with Gasteiger partial charge < -0.3 is 10.4 Å². The average Bonchev–Trinajstić information content (AvgIpc) is 2.16. The van der Waals surface area contributed by atoms with Gasteiger partial charge in [-0.15, -0.1) is 11.8 Å². The molecular weight excluding hydrogens is 228 g/mol. The van der Waals surface area contributed by atoms with Crippen LogP contribution in [0.2, 0.25) is 0 Å². The molecule has 0 rings (SSSR count). The number of rotatable bonds is 6. The quantitative estimate of drug-likeness (QED) is 0.165. The number of thiol groups is 1. The molecule has 76 valence electrons. The summed E-state index contributed by atoms with van der Waals surface area (Å²) in [6.45, 7) is 0. The van der Waals surface area contributed by atoms with Gasteiger partial charge in [0.2, 0.25) is 0 Å². The molecule has 0 heterocycles. The van der Waals surface area contributed by atoms with Crippen LogP contribution in [0, 0.1) is 0 Å². The third kappa shape index (κ3) is 8.32. The minimum Gasteiger partial charge on any atom is -0.411 e. The molecule has 0 atom stereocenters. The zero-order valence-electron chi connectivity index (χ0n) is 6.96. The Kier molecular flexibility index (Phi) is 10.1. The molecule has 0 radical (unpaired) electrons. The Labute approximate surface area is 91.3 Å². The van der Waals surface area contributed by atoms with Crippen molar-refractivity contribution in [3.63, 3.8) is 0 Å². The summed E-state index contributed by atoms with van der Waals surface area (Å²) in [5, 5.41) is 22.6. The number of oxime groups is 2. The van der Waals surface area contributed by atoms with Crippen LogP contribution < -0.4 is 0 Å². The highest BCUT2D eigenvalue weighted by Gasteiger charge is 1.97. The minimum absolute atomic E-state index is 0.314. The number of hydrogen-bond donors (Lipinski definition) is 3. The Morgan fingerprint density at radius 3 is 2.62 bits per heavy atom. The van der Waals surface area contributed by atoms with Crippen molar-refractivity contribution in [3.05, 3.63) is 0 Å². The molecule has 13 heavy (non-hydrogen) atoms. The van der Waals surface area contributed by atoms with E-state index in [1.807, 2.05) is 0 Å². The Bertz CT molecular complexity index is 175. The van der Waals surface area contributed by atoms with Crippen LogP contribution in [0.1, 0.15) is 0 Å². The van der Waals surface area contributed by atoms with Crippen molar-refractivity contribution in [2.45, 2.75) is 0 Å². The lowest BCUT2D eigenvalue weighted by atomic mass is 10.8. The van der Waals surface area contributed by atoms with Crippen LogP contribution in [-0.4, -0.2) is 44.7 Å². The topological polar surface area (TPSA) is 65.2 Å². The number of nitrogens with zero attached hydrogens (tertiary/aromatic N) is 2. The Balaban J connectivity index is 3.40. The van der Waals surface area contributed by atoms with Gasteiger partial charge in [0.1, 0.15) is 6.21 Å². The second-order valence-electron chi connectivity index (χ2n) is 1.87. The highest BCUT2D eigenvalue weighted by molar-refractivity contribution is 8.16. The molecule has 0 spiro atoms. The molecule has 0 saturated heterocycles. The third-order valence-corrected chi connectivity index (χ3v) is 3.64. The summed E-state index contributed by atoms with van der Waals surface area (Å²) in [6.07, 6.45) is 1.11. The molecule has 0 bridgehead atoms. The normalized spacial score (nSPS) is 12.5. The van der Waals surface area contributed by atoms with Gasteiger partial charge in [0, 0.05) is 17.3 Å². The van der Waals surface area contributed by atoms with Crippen LogP contribution in [0.5, 0.6) is 0 Å². The van der Waals surface area contributed by atoms with E-state index in [-0.39, 0.29) is 0 Å². The highest BCUT2D eigenvalue weighted by atomic mass is 32.2. The second kappa shape index (κ2) is 10.1. The fraction of sp³-hybridized carbons (Fsp3) is 0.667. The molecular formula is C6H12N2O2S3. The average molecular weight is 240 g/mol. The van der Waals surface area contributed by atoms with E-state index in [0.717, 1.165) is 29.2 Å². The SMILES string of the molecule is O/N=C(/C=N/O)SCCSCCS. The molecule has 0 saturated carbocycles. The van der Waals surface area contributed by atoms with Crippen molar-refractivity contribution >= 4 is 47.4 Å². The van der Waals surface area contributed by atoms with E-state index in [0.29, 0.717) is 5.04 Å². The predicted molar refractivity (Wildman–Crippen MR) is 63.1 cm³/mol. The van der Waals surface area contributed by atoms with Gasteiger partial charge in [0.25, 0.3) is 0 Å². The highest BCUT2D eigenvalue weighted by Crippen LogP contribution is 2.08. The van der Waals surface area contributed by atoms with E-state index in [2.05, 4.69) is 22.9 Å². The fourth-order valence-corrected chi connectivity index (χ4v) is 2.43. The van der Waals surface area contributed by atoms with Gasteiger partial charge in [-0.2, -0.15) is 24.4 Å². The predicted octanol–water partition coefficient (Wildman–Crippen LogP) is 1.63. The molecule has 0 fully saturated rings. The van der Waals surface area contributed by atoms with E-state index in [1.165, 1.54) is 11.8 Å². The fourth-order valence-electron chi connectivity index (χ4n) is 0.513. The van der Waals surface area contributed by atoms with Crippen LogP contribution in [0.3, 0.4) is 0 Å². The van der Waals surface area contributed by atoms with Crippen molar-refractivity contribution < 1.29 is 10.4 Å². The Morgan fingerprint density at radius 2 is 2.08 bits per heavy atom. The van der Waals surface area contributed by atoms with Gasteiger partial charge in [-0.3, -0.25) is 0 Å². The monoisotopic (exact) mass is 240 g/mol. The number of hydrogen-bond acceptors (Lipinski definition) is 7. The van der Waals surface area contributed by atoms with Crippen LogP contribution in [0.25, 0.3) is 0 Å². The smallest absolute Gasteiger partial charge is 0.157 e.